The summed E-state index contributed by atoms with van der Waals surface area (Å²) in [6.07, 6.45) is 0. The lowest BCUT2D eigenvalue weighted by molar-refractivity contribution is -0.132. The first-order chi connectivity index (χ1) is 15.6. The third-order valence-corrected chi connectivity index (χ3v) is 6.23. The molecule has 3 aromatic rings. The van der Waals surface area contributed by atoms with Gasteiger partial charge in [-0.1, -0.05) is 80.9 Å². The Morgan fingerprint density at radius 2 is 1.52 bits per heavy atom. The first-order valence-corrected chi connectivity index (χ1v) is 11.1. The van der Waals surface area contributed by atoms with Crippen LogP contribution in [0.25, 0.3) is 5.76 Å². The molecule has 1 saturated heterocycles. The second-order valence-electron chi connectivity index (χ2n) is 9.70. The Bertz CT molecular complexity index is 1250. The molecule has 4 nitrogen and oxygen atoms in total. The number of hydrogen-bond donors (Lipinski definition) is 1. The Morgan fingerprint density at radius 3 is 2.12 bits per heavy atom. The van der Waals surface area contributed by atoms with Gasteiger partial charge in [0.2, 0.25) is 0 Å². The van der Waals surface area contributed by atoms with Crippen LogP contribution in [-0.2, 0) is 15.0 Å². The van der Waals surface area contributed by atoms with Crippen molar-refractivity contribution in [2.24, 2.45) is 0 Å². The summed E-state index contributed by atoms with van der Waals surface area (Å²) in [4.78, 5) is 28.1. The Hall–Kier alpha value is -3.66. The third-order valence-electron chi connectivity index (χ3n) is 6.23. The average molecular weight is 440 g/mol. The summed E-state index contributed by atoms with van der Waals surface area (Å²) in [5.74, 6) is -1.46. The van der Waals surface area contributed by atoms with Crippen molar-refractivity contribution in [1.82, 2.24) is 0 Å². The summed E-state index contributed by atoms with van der Waals surface area (Å²) in [5.41, 5.74) is 4.88. The van der Waals surface area contributed by atoms with E-state index >= 15 is 0 Å². The van der Waals surface area contributed by atoms with E-state index in [0.717, 1.165) is 22.3 Å². The number of Topliss-reactive ketones (excluding diaryl/α,β-unsaturated/α-hetero) is 1. The molecule has 3 aromatic carbocycles. The first-order valence-electron chi connectivity index (χ1n) is 11.1. The number of benzene rings is 3. The molecule has 0 aliphatic carbocycles. The molecular formula is C29H29NO3. The van der Waals surface area contributed by atoms with Crippen molar-refractivity contribution in [3.63, 3.8) is 0 Å². The van der Waals surface area contributed by atoms with Crippen molar-refractivity contribution in [2.75, 3.05) is 4.90 Å². The van der Waals surface area contributed by atoms with Gasteiger partial charge in [0.1, 0.15) is 5.76 Å². The highest BCUT2D eigenvalue weighted by atomic mass is 16.3. The third kappa shape index (κ3) is 4.09. The number of carbonyl (C=O) groups is 2. The van der Waals surface area contributed by atoms with E-state index in [-0.39, 0.29) is 16.7 Å². The Morgan fingerprint density at radius 1 is 0.879 bits per heavy atom. The predicted molar refractivity (Wildman–Crippen MR) is 132 cm³/mol. The molecule has 0 aromatic heterocycles. The van der Waals surface area contributed by atoms with E-state index < -0.39 is 17.7 Å². The lowest BCUT2D eigenvalue weighted by atomic mass is 9.84. The van der Waals surface area contributed by atoms with Crippen LogP contribution in [0.1, 0.15) is 54.6 Å². The van der Waals surface area contributed by atoms with Gasteiger partial charge in [-0.25, -0.2) is 0 Å². The molecule has 1 atom stereocenters. The molecule has 33 heavy (non-hydrogen) atoms. The number of anilines is 1. The zero-order chi connectivity index (χ0) is 23.9. The molecule has 1 fully saturated rings. The van der Waals surface area contributed by atoms with Crippen LogP contribution in [0.2, 0.25) is 0 Å². The molecule has 168 valence electrons. The van der Waals surface area contributed by atoms with E-state index in [1.54, 1.807) is 0 Å². The van der Waals surface area contributed by atoms with Gasteiger partial charge in [-0.2, -0.15) is 0 Å². The largest absolute Gasteiger partial charge is 0.507 e. The number of rotatable bonds is 3. The predicted octanol–water partition coefficient (Wildman–Crippen LogP) is 6.23. The van der Waals surface area contributed by atoms with E-state index in [1.807, 2.05) is 86.6 Å². The number of ketones is 1. The fourth-order valence-electron chi connectivity index (χ4n) is 4.24. The van der Waals surface area contributed by atoms with Crippen LogP contribution in [-0.4, -0.2) is 16.8 Å². The second-order valence-corrected chi connectivity index (χ2v) is 9.70. The molecule has 1 unspecified atom stereocenters. The molecule has 0 spiro atoms. The van der Waals surface area contributed by atoms with Crippen LogP contribution < -0.4 is 4.90 Å². The minimum atomic E-state index is -0.716. The van der Waals surface area contributed by atoms with Crippen molar-refractivity contribution >= 4 is 23.1 Å². The molecule has 1 aliphatic heterocycles. The van der Waals surface area contributed by atoms with Gasteiger partial charge in [-0.05, 0) is 54.2 Å². The molecule has 1 N–H and O–H groups in total. The monoisotopic (exact) mass is 439 g/mol. The zero-order valence-electron chi connectivity index (χ0n) is 19.7. The van der Waals surface area contributed by atoms with Crippen LogP contribution in [0, 0.1) is 13.8 Å². The second kappa shape index (κ2) is 8.36. The SMILES string of the molecule is Cc1ccc(N2C(=O)C(=O)/C(=C(/O)c3cc(C(C)(C)C)ccc3C)C2c2ccccc2)cc1. The zero-order valence-corrected chi connectivity index (χ0v) is 19.7. The Labute approximate surface area is 195 Å². The van der Waals surface area contributed by atoms with Gasteiger partial charge in [-0.15, -0.1) is 0 Å². The van der Waals surface area contributed by atoms with Crippen molar-refractivity contribution in [3.8, 4) is 0 Å². The number of hydrogen-bond acceptors (Lipinski definition) is 3. The molecule has 0 saturated carbocycles. The number of amides is 1. The molecule has 1 amide bonds. The van der Waals surface area contributed by atoms with Gasteiger partial charge in [0.05, 0.1) is 11.6 Å². The lowest BCUT2D eigenvalue weighted by Gasteiger charge is -2.26. The Balaban J connectivity index is 1.96. The Kier molecular flexibility index (Phi) is 5.71. The highest BCUT2D eigenvalue weighted by Crippen LogP contribution is 2.42. The van der Waals surface area contributed by atoms with E-state index in [0.29, 0.717) is 11.3 Å². The van der Waals surface area contributed by atoms with Crippen LogP contribution >= 0.6 is 0 Å². The van der Waals surface area contributed by atoms with Crippen LogP contribution in [0.5, 0.6) is 0 Å². The minimum Gasteiger partial charge on any atom is -0.507 e. The van der Waals surface area contributed by atoms with Gasteiger partial charge in [0.15, 0.2) is 0 Å². The lowest BCUT2D eigenvalue weighted by Crippen LogP contribution is -2.29. The van der Waals surface area contributed by atoms with Crippen LogP contribution in [0.3, 0.4) is 0 Å². The summed E-state index contributed by atoms with van der Waals surface area (Å²) < 4.78 is 0. The summed E-state index contributed by atoms with van der Waals surface area (Å²) in [6.45, 7) is 10.2. The number of carbonyl (C=O) groups excluding carboxylic acids is 2. The van der Waals surface area contributed by atoms with E-state index in [1.165, 1.54) is 4.90 Å². The molecule has 1 aliphatic rings. The number of aryl methyl sites for hydroxylation is 2. The molecule has 4 rings (SSSR count). The number of aliphatic hydroxyl groups excluding tert-OH is 1. The van der Waals surface area contributed by atoms with Gasteiger partial charge < -0.3 is 5.11 Å². The summed E-state index contributed by atoms with van der Waals surface area (Å²) in [5, 5.41) is 11.5. The van der Waals surface area contributed by atoms with Crippen LogP contribution in [0.4, 0.5) is 5.69 Å². The minimum absolute atomic E-state index is 0.112. The smallest absolute Gasteiger partial charge is 0.300 e. The van der Waals surface area contributed by atoms with E-state index in [2.05, 4.69) is 20.8 Å². The highest BCUT2D eigenvalue weighted by Gasteiger charge is 2.47. The topological polar surface area (TPSA) is 57.6 Å². The maximum absolute atomic E-state index is 13.3. The molecular weight excluding hydrogens is 410 g/mol. The highest BCUT2D eigenvalue weighted by molar-refractivity contribution is 6.51. The van der Waals surface area contributed by atoms with Gasteiger partial charge in [0.25, 0.3) is 11.7 Å². The quantitative estimate of drug-likeness (QED) is 0.299. The van der Waals surface area contributed by atoms with Crippen LogP contribution in [0.15, 0.2) is 78.4 Å². The molecule has 0 bridgehead atoms. The standard InChI is InChI=1S/C29H29NO3/c1-18-11-15-22(16-12-18)30-25(20-9-7-6-8-10-20)24(27(32)28(30)33)26(31)23-17-21(29(3,4)5)14-13-19(23)2/h6-17,25,31H,1-5H3/b26-24+. The normalized spacial score (nSPS) is 18.1. The maximum atomic E-state index is 13.3. The van der Waals surface area contributed by atoms with Gasteiger partial charge in [-0.3, -0.25) is 14.5 Å². The first kappa shape index (κ1) is 22.5. The average Bonchev–Trinajstić information content (AvgIpc) is 3.05. The van der Waals surface area contributed by atoms with Crippen molar-refractivity contribution < 1.29 is 14.7 Å². The van der Waals surface area contributed by atoms with E-state index in [9.17, 15) is 14.7 Å². The number of nitrogens with zero attached hydrogens (tertiary/aromatic N) is 1. The fraction of sp³-hybridized carbons (Fsp3) is 0.241. The van der Waals surface area contributed by atoms with Gasteiger partial charge in [0, 0.05) is 11.3 Å². The molecule has 1 heterocycles. The van der Waals surface area contributed by atoms with Crippen molar-refractivity contribution in [2.45, 2.75) is 46.1 Å². The maximum Gasteiger partial charge on any atom is 0.300 e. The van der Waals surface area contributed by atoms with E-state index in [4.69, 9.17) is 0 Å². The molecule has 4 heteroatoms. The summed E-state index contributed by atoms with van der Waals surface area (Å²) in [7, 11) is 0. The summed E-state index contributed by atoms with van der Waals surface area (Å²) in [6, 6.07) is 22.1. The van der Waals surface area contributed by atoms with Gasteiger partial charge >= 0.3 is 0 Å². The summed E-state index contributed by atoms with van der Waals surface area (Å²) >= 11 is 0. The van der Waals surface area contributed by atoms with Crippen molar-refractivity contribution in [1.29, 1.82) is 0 Å². The molecule has 0 radical (unpaired) electrons. The number of aliphatic hydroxyl groups is 1. The fourth-order valence-corrected chi connectivity index (χ4v) is 4.24. The van der Waals surface area contributed by atoms with Crippen molar-refractivity contribution in [3.05, 3.63) is 106 Å².